The molecule has 0 aromatic heterocycles. The number of piperidine rings is 1. The Labute approximate surface area is 180 Å². The number of likely N-dealkylation sites (tertiary alicyclic amines) is 1. The number of imide groups is 1. The van der Waals surface area contributed by atoms with Crippen LogP contribution in [-0.2, 0) is 11.2 Å². The lowest BCUT2D eigenvalue weighted by Gasteiger charge is -2.42. The van der Waals surface area contributed by atoms with Gasteiger partial charge in [-0.1, -0.05) is 46.8 Å². The minimum absolute atomic E-state index is 0.0330. The van der Waals surface area contributed by atoms with Gasteiger partial charge in [0.2, 0.25) is 0 Å². The second-order valence-corrected chi connectivity index (χ2v) is 10.6. The van der Waals surface area contributed by atoms with Crippen LogP contribution in [0.3, 0.4) is 0 Å². The van der Waals surface area contributed by atoms with E-state index in [1.807, 2.05) is 19.9 Å². The Bertz CT molecular complexity index is 781. The second kappa shape index (κ2) is 8.66. The van der Waals surface area contributed by atoms with Crippen molar-refractivity contribution in [1.29, 1.82) is 0 Å². The maximum absolute atomic E-state index is 13.9. The number of halogens is 1. The Morgan fingerprint density at radius 2 is 1.87 bits per heavy atom. The molecule has 1 N–H and O–H groups in total. The van der Waals surface area contributed by atoms with Gasteiger partial charge in [0, 0.05) is 19.5 Å². The molecule has 5 nitrogen and oxygen atoms in total. The van der Waals surface area contributed by atoms with Crippen molar-refractivity contribution in [3.8, 4) is 0 Å². The molecule has 0 radical (unpaired) electrons. The quantitative estimate of drug-likeness (QED) is 0.710. The van der Waals surface area contributed by atoms with Crippen LogP contribution in [0.4, 0.5) is 9.18 Å². The van der Waals surface area contributed by atoms with Gasteiger partial charge >= 0.3 is 6.03 Å². The van der Waals surface area contributed by atoms with E-state index in [1.54, 1.807) is 6.07 Å². The first-order valence-electron chi connectivity index (χ1n) is 11.1. The molecule has 6 heteroatoms. The monoisotopic (exact) mass is 417 g/mol. The van der Waals surface area contributed by atoms with Crippen LogP contribution in [0.2, 0.25) is 0 Å². The third kappa shape index (κ3) is 5.02. The van der Waals surface area contributed by atoms with Crippen LogP contribution < -0.4 is 5.32 Å². The van der Waals surface area contributed by atoms with Crippen molar-refractivity contribution in [1.82, 2.24) is 15.1 Å². The molecule has 2 aliphatic heterocycles. The summed E-state index contributed by atoms with van der Waals surface area (Å²) < 4.78 is 13.9. The molecule has 1 aromatic carbocycles. The predicted octanol–water partition coefficient (Wildman–Crippen LogP) is 4.07. The number of benzene rings is 1. The summed E-state index contributed by atoms with van der Waals surface area (Å²) in [4.78, 5) is 30.2. The van der Waals surface area contributed by atoms with Crippen LogP contribution in [0.1, 0.15) is 53.0 Å². The van der Waals surface area contributed by atoms with Crippen LogP contribution in [0.25, 0.3) is 0 Å². The first kappa shape index (κ1) is 22.7. The third-order valence-corrected chi connectivity index (χ3v) is 6.10. The van der Waals surface area contributed by atoms with Crippen molar-refractivity contribution in [2.45, 2.75) is 59.4 Å². The van der Waals surface area contributed by atoms with E-state index in [2.05, 4.69) is 31.0 Å². The highest BCUT2D eigenvalue weighted by Gasteiger charge is 2.55. The topological polar surface area (TPSA) is 52.7 Å². The van der Waals surface area contributed by atoms with E-state index in [4.69, 9.17) is 0 Å². The molecule has 1 atom stereocenters. The van der Waals surface area contributed by atoms with Gasteiger partial charge < -0.3 is 10.2 Å². The number of rotatable bonds is 6. The molecular weight excluding hydrogens is 381 g/mol. The molecule has 2 fully saturated rings. The highest BCUT2D eigenvalue weighted by atomic mass is 19.1. The fraction of sp³-hybridized carbons (Fsp3) is 0.667. The smallest absolute Gasteiger partial charge is 0.322 e. The number of carbonyl (C=O) groups is 2. The maximum atomic E-state index is 13.9. The second-order valence-electron chi connectivity index (χ2n) is 10.6. The molecule has 2 aliphatic rings. The molecule has 30 heavy (non-hydrogen) atoms. The Balaban J connectivity index is 1.86. The van der Waals surface area contributed by atoms with Crippen LogP contribution >= 0.6 is 0 Å². The molecule has 0 spiro atoms. The summed E-state index contributed by atoms with van der Waals surface area (Å²) in [5.74, 6) is -0.248. The highest BCUT2D eigenvalue weighted by Crippen LogP contribution is 2.37. The summed E-state index contributed by atoms with van der Waals surface area (Å²) in [7, 11) is 0. The van der Waals surface area contributed by atoms with Crippen LogP contribution in [0.5, 0.6) is 0 Å². The van der Waals surface area contributed by atoms with Gasteiger partial charge in [-0.05, 0) is 60.9 Å². The minimum atomic E-state index is -0.992. The molecular formula is C24H36FN3O2. The summed E-state index contributed by atoms with van der Waals surface area (Å²) >= 11 is 0. The molecule has 2 heterocycles. The summed E-state index contributed by atoms with van der Waals surface area (Å²) in [6.45, 7) is 13.9. The average molecular weight is 418 g/mol. The van der Waals surface area contributed by atoms with Crippen LogP contribution in [-0.4, -0.2) is 53.5 Å². The minimum Gasteiger partial charge on any atom is -0.322 e. The number of hydrogen-bond acceptors (Lipinski definition) is 3. The molecule has 0 unspecified atom stereocenters. The molecule has 0 saturated carbocycles. The standard InChI is InChI=1S/C24H36FN3O2/c1-17(2)15-28-21(29)24(26-22(28)30,14-18-7-6-8-20(25)13-18)19-9-11-27(12-10-19)16-23(3,4)5/h6-8,13,17,19H,9-12,14-16H2,1-5H3,(H,26,30)/t24-/m1/s1. The van der Waals surface area contributed by atoms with Crippen molar-refractivity contribution in [3.63, 3.8) is 0 Å². The first-order valence-corrected chi connectivity index (χ1v) is 11.1. The van der Waals surface area contributed by atoms with Gasteiger partial charge in [-0.25, -0.2) is 9.18 Å². The van der Waals surface area contributed by atoms with E-state index in [-0.39, 0.29) is 35.0 Å². The number of amides is 3. The van der Waals surface area contributed by atoms with E-state index >= 15 is 0 Å². The van der Waals surface area contributed by atoms with Gasteiger partial charge in [0.05, 0.1) is 0 Å². The van der Waals surface area contributed by atoms with E-state index in [9.17, 15) is 14.0 Å². The number of carbonyl (C=O) groups excluding carboxylic acids is 2. The number of nitrogens with zero attached hydrogens (tertiary/aromatic N) is 2. The SMILES string of the molecule is CC(C)CN1C(=O)N[C@](Cc2cccc(F)c2)(C2CCN(CC(C)(C)C)CC2)C1=O. The Morgan fingerprint density at radius 3 is 2.43 bits per heavy atom. The Hall–Kier alpha value is -1.95. The van der Waals surface area contributed by atoms with E-state index < -0.39 is 5.54 Å². The van der Waals surface area contributed by atoms with E-state index in [0.29, 0.717) is 13.0 Å². The van der Waals surface area contributed by atoms with Crippen molar-refractivity contribution < 1.29 is 14.0 Å². The fourth-order valence-corrected chi connectivity index (χ4v) is 4.94. The van der Waals surface area contributed by atoms with Gasteiger partial charge in [0.1, 0.15) is 11.4 Å². The third-order valence-electron chi connectivity index (χ3n) is 6.10. The first-order chi connectivity index (χ1) is 14.0. The normalized spacial score (nSPS) is 24.0. The molecule has 0 aliphatic carbocycles. The Kier molecular flexibility index (Phi) is 6.56. The molecule has 0 bridgehead atoms. The van der Waals surface area contributed by atoms with Crippen molar-refractivity contribution in [2.24, 2.45) is 17.3 Å². The molecule has 166 valence electrons. The van der Waals surface area contributed by atoms with Gasteiger partial charge in [-0.15, -0.1) is 0 Å². The summed E-state index contributed by atoms with van der Waals surface area (Å²) in [6.07, 6.45) is 2.01. The highest BCUT2D eigenvalue weighted by molar-refractivity contribution is 6.07. The Morgan fingerprint density at radius 1 is 1.20 bits per heavy atom. The molecule has 3 amide bonds. The van der Waals surface area contributed by atoms with E-state index in [0.717, 1.165) is 38.0 Å². The molecule has 2 saturated heterocycles. The number of urea groups is 1. The fourth-order valence-electron chi connectivity index (χ4n) is 4.94. The largest absolute Gasteiger partial charge is 0.325 e. The van der Waals surface area contributed by atoms with Crippen molar-refractivity contribution in [2.75, 3.05) is 26.2 Å². The van der Waals surface area contributed by atoms with E-state index in [1.165, 1.54) is 17.0 Å². The van der Waals surface area contributed by atoms with Crippen LogP contribution in [0, 0.1) is 23.1 Å². The zero-order chi connectivity index (χ0) is 22.1. The zero-order valence-electron chi connectivity index (χ0n) is 19.0. The van der Waals surface area contributed by atoms with Crippen LogP contribution in [0.15, 0.2) is 24.3 Å². The lowest BCUT2D eigenvalue weighted by atomic mass is 9.73. The lowest BCUT2D eigenvalue weighted by Crippen LogP contribution is -2.58. The molecule has 1 aromatic rings. The summed E-state index contributed by atoms with van der Waals surface area (Å²) in [5, 5.41) is 3.07. The number of hydrogen-bond donors (Lipinski definition) is 1. The zero-order valence-corrected chi connectivity index (χ0v) is 19.0. The molecule has 3 rings (SSSR count). The maximum Gasteiger partial charge on any atom is 0.325 e. The van der Waals surface area contributed by atoms with Gasteiger partial charge in [-0.3, -0.25) is 9.69 Å². The average Bonchev–Trinajstić information content (AvgIpc) is 2.86. The van der Waals surface area contributed by atoms with Gasteiger partial charge in [-0.2, -0.15) is 0 Å². The summed E-state index contributed by atoms with van der Waals surface area (Å²) in [5.41, 5.74) is -0.0299. The van der Waals surface area contributed by atoms with Gasteiger partial charge in [0.25, 0.3) is 5.91 Å². The van der Waals surface area contributed by atoms with Gasteiger partial charge in [0.15, 0.2) is 0 Å². The summed E-state index contributed by atoms with van der Waals surface area (Å²) in [6, 6.07) is 6.06. The predicted molar refractivity (Wildman–Crippen MR) is 117 cm³/mol. The number of nitrogens with one attached hydrogen (secondary N) is 1. The van der Waals surface area contributed by atoms with Crippen molar-refractivity contribution in [3.05, 3.63) is 35.6 Å². The van der Waals surface area contributed by atoms with Crippen molar-refractivity contribution >= 4 is 11.9 Å². The lowest BCUT2D eigenvalue weighted by molar-refractivity contribution is -0.134.